The number of esters is 10. The zero-order valence-electron chi connectivity index (χ0n) is 78.4. The molecule has 0 spiro atoms. The fourth-order valence-electron chi connectivity index (χ4n) is 13.3. The summed E-state index contributed by atoms with van der Waals surface area (Å²) in [5.41, 5.74) is 0.666. The van der Waals surface area contributed by atoms with Crippen LogP contribution in [0.25, 0.3) is 0 Å². The number of rotatable bonds is 68. The normalized spacial score (nSPS) is 21.8. The highest BCUT2D eigenvalue weighted by Gasteiger charge is 2.54. The van der Waals surface area contributed by atoms with Crippen molar-refractivity contribution in [3.05, 3.63) is 35.9 Å². The van der Waals surface area contributed by atoms with Crippen LogP contribution in [0.5, 0.6) is 0 Å². The van der Waals surface area contributed by atoms with Crippen molar-refractivity contribution in [2.75, 3.05) is 172 Å². The number of hydrogen-bond acceptors (Lipinski definition) is 42. The van der Waals surface area contributed by atoms with Gasteiger partial charge < -0.3 is 156 Å². The lowest BCUT2D eigenvalue weighted by atomic mass is 9.95. The minimum atomic E-state index is -1.32. The second kappa shape index (κ2) is 67.3. The van der Waals surface area contributed by atoms with Crippen LogP contribution >= 0.6 is 0 Å². The molecular weight excluding hydrogens is 1790 g/mol. The van der Waals surface area contributed by atoms with E-state index in [-0.39, 0.29) is 190 Å². The SMILES string of the molecule is CC(=O)N[C@H]1[C@H](OCCOCCOCCOCC(=O)NCCCC[C@H](NC(=O)[C@H](CCCCNC(=O)COCCOCCOCCO[C@@H]2O[C@H](COC(C)=O)[C@H](OC(C)=O)[C@H](OC(C)=O)[C@H]2NC(C)C)NC(=O)COCCOCCOCCO[C@@H]2O[C@H](COC(C)=O)[C@H](OC(C)=O)[C@H](OC(C)=O)[C@H]2NC(C)=O)C(=O)OCc2ccccc2)O[C@H](COC(C)=O)[C@H](OC(C)=O)[C@@H]1OC(C)=O. The Kier molecular flexibility index (Phi) is 58.5. The first kappa shape index (κ1) is 116. The third kappa shape index (κ3) is 50.6. The van der Waals surface area contributed by atoms with Gasteiger partial charge in [-0.25, -0.2) is 4.79 Å². The van der Waals surface area contributed by atoms with Crippen molar-refractivity contribution < 1.29 is 195 Å². The number of carbonyl (C=O) groups excluding carboxylic acids is 16. The van der Waals surface area contributed by atoms with E-state index in [4.69, 9.17) is 118 Å². The van der Waals surface area contributed by atoms with Crippen LogP contribution in [-0.4, -0.2) is 377 Å². The molecule has 0 aliphatic carbocycles. The lowest BCUT2D eigenvalue weighted by molar-refractivity contribution is -0.280. The van der Waals surface area contributed by atoms with Crippen LogP contribution < -0.4 is 37.2 Å². The van der Waals surface area contributed by atoms with Gasteiger partial charge >= 0.3 is 59.7 Å². The van der Waals surface area contributed by atoms with E-state index in [1.807, 2.05) is 13.8 Å². The minimum Gasteiger partial charge on any atom is -0.463 e. The summed E-state index contributed by atoms with van der Waals surface area (Å²) in [6.45, 7) is 14.9. The monoisotopic (exact) mass is 1920 g/mol. The Morgan fingerprint density at radius 3 is 0.963 bits per heavy atom. The van der Waals surface area contributed by atoms with E-state index in [1.165, 1.54) is 34.6 Å². The van der Waals surface area contributed by atoms with Crippen molar-refractivity contribution in [2.45, 2.75) is 245 Å². The number of nitrogens with one attached hydrogen (secondary N) is 7. The first-order valence-corrected chi connectivity index (χ1v) is 44.1. The van der Waals surface area contributed by atoms with Gasteiger partial charge in [0.15, 0.2) is 55.5 Å². The van der Waals surface area contributed by atoms with Crippen LogP contribution in [0.1, 0.15) is 134 Å². The van der Waals surface area contributed by atoms with E-state index in [2.05, 4.69) is 37.2 Å². The molecule has 3 saturated heterocycles. The van der Waals surface area contributed by atoms with Gasteiger partial charge in [-0.1, -0.05) is 44.2 Å². The maximum absolute atomic E-state index is 14.4. The summed E-state index contributed by atoms with van der Waals surface area (Å²) in [7, 11) is 0. The van der Waals surface area contributed by atoms with Gasteiger partial charge in [-0.15, -0.1) is 0 Å². The Labute approximate surface area is 777 Å². The Balaban J connectivity index is 1.28. The second-order valence-electron chi connectivity index (χ2n) is 30.7. The molecule has 0 aromatic heterocycles. The zero-order valence-corrected chi connectivity index (χ0v) is 78.4. The van der Waals surface area contributed by atoms with E-state index >= 15 is 0 Å². The molecule has 48 heteroatoms. The zero-order chi connectivity index (χ0) is 98.7. The Hall–Kier alpha value is -9.90. The van der Waals surface area contributed by atoms with Crippen LogP contribution in [0.3, 0.4) is 0 Å². The molecule has 3 fully saturated rings. The Morgan fingerprint density at radius 1 is 0.328 bits per heavy atom. The molecule has 0 radical (unpaired) electrons. The van der Waals surface area contributed by atoms with Crippen LogP contribution in [0, 0.1) is 0 Å². The average molecular weight is 1920 g/mol. The number of unbranched alkanes of at least 4 members (excludes halogenated alkanes) is 2. The van der Waals surface area contributed by atoms with Crippen molar-refractivity contribution in [1.29, 1.82) is 0 Å². The van der Waals surface area contributed by atoms with Crippen molar-refractivity contribution in [2.24, 2.45) is 0 Å². The lowest BCUT2D eigenvalue weighted by Crippen LogP contribution is -2.66. The van der Waals surface area contributed by atoms with Crippen LogP contribution in [-0.2, 0) is 202 Å². The highest BCUT2D eigenvalue weighted by molar-refractivity contribution is 5.91. The second-order valence-corrected chi connectivity index (χ2v) is 30.7. The summed E-state index contributed by atoms with van der Waals surface area (Å²) in [5.74, 6) is -10.6. The van der Waals surface area contributed by atoms with Crippen LogP contribution in [0.15, 0.2) is 30.3 Å². The molecule has 0 unspecified atom stereocenters. The number of ether oxygens (including phenoxy) is 25. The summed E-state index contributed by atoms with van der Waals surface area (Å²) in [6.07, 6.45) is -13.2. The molecule has 3 aliphatic heterocycles. The van der Waals surface area contributed by atoms with Gasteiger partial charge in [0.05, 0.1) is 125 Å². The molecule has 4 rings (SSSR count). The summed E-state index contributed by atoms with van der Waals surface area (Å²) < 4.78 is 140. The van der Waals surface area contributed by atoms with E-state index in [0.717, 1.165) is 41.5 Å². The van der Waals surface area contributed by atoms with E-state index in [9.17, 15) is 76.7 Å². The van der Waals surface area contributed by atoms with E-state index in [1.54, 1.807) is 30.3 Å². The maximum Gasteiger partial charge on any atom is 0.328 e. The van der Waals surface area contributed by atoms with E-state index in [0.29, 0.717) is 18.4 Å². The molecule has 48 nitrogen and oxygen atoms in total. The molecule has 3 heterocycles. The molecule has 134 heavy (non-hydrogen) atoms. The molecule has 17 atom stereocenters. The predicted octanol–water partition coefficient (Wildman–Crippen LogP) is -1.70. The van der Waals surface area contributed by atoms with Crippen LogP contribution in [0.2, 0.25) is 0 Å². The highest BCUT2D eigenvalue weighted by Crippen LogP contribution is 2.32. The van der Waals surface area contributed by atoms with Gasteiger partial charge in [-0.05, 0) is 44.1 Å². The molecule has 1 aromatic carbocycles. The van der Waals surface area contributed by atoms with Gasteiger partial charge in [0.25, 0.3) is 0 Å². The van der Waals surface area contributed by atoms with Crippen molar-refractivity contribution >= 4 is 95.1 Å². The fraction of sp³-hybridized carbons (Fsp3) is 0.744. The quantitative estimate of drug-likeness (QED) is 0.0217. The number of carbonyl (C=O) groups is 16. The first-order chi connectivity index (χ1) is 64.0. The van der Waals surface area contributed by atoms with E-state index < -0.39 is 219 Å². The molecule has 0 saturated carbocycles. The third-order valence-corrected chi connectivity index (χ3v) is 18.8. The smallest absolute Gasteiger partial charge is 0.328 e. The lowest BCUT2D eigenvalue weighted by Gasteiger charge is -2.45. The number of amides is 6. The van der Waals surface area contributed by atoms with Crippen molar-refractivity contribution in [3.63, 3.8) is 0 Å². The topological polar surface area (TPSA) is 588 Å². The molecule has 1 aromatic rings. The van der Waals surface area contributed by atoms with Crippen molar-refractivity contribution in [1.82, 2.24) is 37.2 Å². The summed E-state index contributed by atoms with van der Waals surface area (Å²) in [6, 6.07) is 2.99. The maximum atomic E-state index is 14.4. The van der Waals surface area contributed by atoms with Gasteiger partial charge in [-0.2, -0.15) is 0 Å². The Bertz CT molecular complexity index is 3740. The largest absolute Gasteiger partial charge is 0.463 e. The summed E-state index contributed by atoms with van der Waals surface area (Å²) >= 11 is 0. The average Bonchev–Trinajstić information content (AvgIpc) is 0.794. The number of hydrogen-bond donors (Lipinski definition) is 7. The fourth-order valence-corrected chi connectivity index (χ4v) is 13.3. The van der Waals surface area contributed by atoms with Gasteiger partial charge in [0, 0.05) is 95.3 Å². The van der Waals surface area contributed by atoms with Gasteiger partial charge in [-0.3, -0.25) is 71.9 Å². The molecule has 6 amide bonds. The summed E-state index contributed by atoms with van der Waals surface area (Å²) in [4.78, 5) is 200. The molecule has 0 bridgehead atoms. The molecule has 760 valence electrons. The molecule has 7 N–H and O–H groups in total. The number of benzene rings is 1. The standard InChI is InChI=1S/C86H135N7O41/c1-52(2)89-73-79(129-61(11)102)76(126-58(8)99)67(46-122-55(5)96)132-84(73)119-42-39-113-30-27-110-33-36-116-49-70(105)87-25-19-17-23-65(92-72(107)51-118-38-35-112-29-32-115-41-44-121-86-75(91-54(4)95)81(131-63(13)104)78(128-60(10)101)69(134-86)48-124-57(7)98)82(108)93-66(83(109)125-45-64-21-15-14-16-22-64)24-18-20-26-88-71(106)50-117-37-34-111-28-31-114-40-43-120-85-74(90-53(3)94)80(130-62(12)103)77(127-59(9)100)68(133-85)47-123-56(6)97/h14-16,21-22,52,65-69,73-81,84-86,89H,17-20,23-51H2,1-13H3,(H,87,105)(H,88,106)(H,90,94)(H,91,95)(H,92,107)(H,93,108)/t65-,66-,67+,68+,69+,73+,74+,75+,76-,77-,78-,79+,80+,81+,84+,85+,86+/m0/s1. The van der Waals surface area contributed by atoms with Gasteiger partial charge in [0.1, 0.15) is 88.7 Å². The third-order valence-electron chi connectivity index (χ3n) is 18.8. The minimum absolute atomic E-state index is 0.000503. The summed E-state index contributed by atoms with van der Waals surface area (Å²) in [5, 5.41) is 19.4. The molecule has 3 aliphatic rings. The van der Waals surface area contributed by atoms with Gasteiger partial charge in [0.2, 0.25) is 35.4 Å². The Morgan fingerprint density at radius 2 is 0.634 bits per heavy atom. The highest BCUT2D eigenvalue weighted by atomic mass is 16.7. The predicted molar refractivity (Wildman–Crippen MR) is 456 cm³/mol. The molecular formula is C86H135N7O41. The van der Waals surface area contributed by atoms with Crippen molar-refractivity contribution in [3.8, 4) is 0 Å². The first-order valence-electron chi connectivity index (χ1n) is 44.1. The van der Waals surface area contributed by atoms with Crippen LogP contribution in [0.4, 0.5) is 0 Å².